The van der Waals surface area contributed by atoms with E-state index in [1.54, 1.807) is 12.1 Å². The molecule has 0 saturated carbocycles. The Morgan fingerprint density at radius 3 is 2.53 bits per heavy atom. The van der Waals surface area contributed by atoms with Gasteiger partial charge in [0, 0.05) is 18.2 Å². The Balaban J connectivity index is 1.76. The number of hydrogen-bond donors (Lipinski definition) is 2. The largest absolute Gasteiger partial charge is 0.491 e. The summed E-state index contributed by atoms with van der Waals surface area (Å²) in [5.74, 6) is 1.65. The molecule has 1 aromatic carbocycles. The van der Waals surface area contributed by atoms with Crippen molar-refractivity contribution in [3.05, 3.63) is 41.5 Å². The standard InChI is InChI=1S/C22H33N5O3/c1-15(2)24-25-20-10-11-21(27-26-20)30-14-22(5,6)23-12-18(28)13-29-19-9-7-8-16(3)17(19)4/h7-11,15,18,23,28H,12-14H2,1-6H3. The lowest BCUT2D eigenvalue weighted by Gasteiger charge is -2.27. The molecule has 1 aromatic heterocycles. The molecule has 0 aliphatic heterocycles. The second-order valence-corrected chi connectivity index (χ2v) is 8.26. The molecule has 1 atom stereocenters. The topological polar surface area (TPSA) is 101 Å². The van der Waals surface area contributed by atoms with Crippen molar-refractivity contribution in [3.8, 4) is 11.6 Å². The van der Waals surface area contributed by atoms with Crippen molar-refractivity contribution in [2.45, 2.75) is 59.2 Å². The first-order valence-corrected chi connectivity index (χ1v) is 10.2. The van der Waals surface area contributed by atoms with Crippen molar-refractivity contribution in [3.63, 3.8) is 0 Å². The van der Waals surface area contributed by atoms with Crippen LogP contribution in [0.15, 0.2) is 40.6 Å². The highest BCUT2D eigenvalue weighted by molar-refractivity contribution is 5.38. The number of aliphatic hydroxyl groups is 1. The number of ether oxygens (including phenoxy) is 2. The van der Waals surface area contributed by atoms with E-state index in [1.807, 2.05) is 59.7 Å². The minimum Gasteiger partial charge on any atom is -0.491 e. The zero-order chi connectivity index (χ0) is 22.1. The van der Waals surface area contributed by atoms with Crippen molar-refractivity contribution in [1.29, 1.82) is 0 Å². The van der Waals surface area contributed by atoms with Crippen LogP contribution in [0.25, 0.3) is 0 Å². The predicted molar refractivity (Wildman–Crippen MR) is 117 cm³/mol. The smallest absolute Gasteiger partial charge is 0.233 e. The average molecular weight is 416 g/mol. The van der Waals surface area contributed by atoms with Crippen molar-refractivity contribution < 1.29 is 14.6 Å². The lowest BCUT2D eigenvalue weighted by Crippen LogP contribution is -2.48. The van der Waals surface area contributed by atoms with Gasteiger partial charge < -0.3 is 19.9 Å². The quantitative estimate of drug-likeness (QED) is 0.542. The van der Waals surface area contributed by atoms with Crippen LogP contribution in [0, 0.1) is 13.8 Å². The van der Waals surface area contributed by atoms with Gasteiger partial charge in [-0.2, -0.15) is 5.11 Å². The van der Waals surface area contributed by atoms with E-state index < -0.39 is 6.10 Å². The maximum absolute atomic E-state index is 10.3. The Hall–Kier alpha value is -2.58. The average Bonchev–Trinajstić information content (AvgIpc) is 2.71. The number of aryl methyl sites for hydroxylation is 1. The zero-order valence-corrected chi connectivity index (χ0v) is 18.7. The van der Waals surface area contributed by atoms with Gasteiger partial charge in [-0.3, -0.25) is 0 Å². The van der Waals surface area contributed by atoms with Crippen LogP contribution in [-0.4, -0.2) is 52.7 Å². The third kappa shape index (κ3) is 8.04. The highest BCUT2D eigenvalue weighted by Crippen LogP contribution is 2.20. The molecule has 0 bridgehead atoms. The molecule has 1 unspecified atom stereocenters. The molecule has 2 rings (SSSR count). The third-order valence-corrected chi connectivity index (χ3v) is 4.40. The van der Waals surface area contributed by atoms with Crippen molar-refractivity contribution in [1.82, 2.24) is 15.5 Å². The van der Waals surface area contributed by atoms with E-state index in [0.29, 0.717) is 24.8 Å². The van der Waals surface area contributed by atoms with Crippen LogP contribution in [0.5, 0.6) is 11.6 Å². The lowest BCUT2D eigenvalue weighted by atomic mass is 10.1. The molecule has 164 valence electrons. The number of aromatic nitrogens is 2. The Bertz CT molecular complexity index is 822. The Morgan fingerprint density at radius 1 is 1.10 bits per heavy atom. The number of rotatable bonds is 11. The van der Waals surface area contributed by atoms with E-state index >= 15 is 0 Å². The fourth-order valence-electron chi connectivity index (χ4n) is 2.44. The van der Waals surface area contributed by atoms with Gasteiger partial charge in [0.25, 0.3) is 0 Å². The predicted octanol–water partition coefficient (Wildman–Crippen LogP) is 3.77. The number of nitrogens with zero attached hydrogens (tertiary/aromatic N) is 4. The highest BCUT2D eigenvalue weighted by atomic mass is 16.5. The summed E-state index contributed by atoms with van der Waals surface area (Å²) >= 11 is 0. The van der Waals surface area contributed by atoms with Gasteiger partial charge >= 0.3 is 0 Å². The first-order chi connectivity index (χ1) is 14.2. The number of azo groups is 1. The summed E-state index contributed by atoms with van der Waals surface area (Å²) in [7, 11) is 0. The van der Waals surface area contributed by atoms with E-state index in [4.69, 9.17) is 9.47 Å². The molecule has 0 aliphatic rings. The summed E-state index contributed by atoms with van der Waals surface area (Å²) in [6.07, 6.45) is -0.644. The summed E-state index contributed by atoms with van der Waals surface area (Å²) in [6.45, 7) is 12.9. The Morgan fingerprint density at radius 2 is 1.87 bits per heavy atom. The molecule has 2 aromatic rings. The molecular weight excluding hydrogens is 382 g/mol. The molecular formula is C22H33N5O3. The molecule has 0 aliphatic carbocycles. The minimum absolute atomic E-state index is 0.108. The molecule has 0 saturated heterocycles. The van der Waals surface area contributed by atoms with E-state index in [-0.39, 0.29) is 18.2 Å². The SMILES string of the molecule is Cc1cccc(OCC(O)CNC(C)(C)COc2ccc(N=NC(C)C)nn2)c1C. The van der Waals surface area contributed by atoms with Crippen LogP contribution in [0.3, 0.4) is 0 Å². The van der Waals surface area contributed by atoms with Gasteiger partial charge in [-0.1, -0.05) is 12.1 Å². The second kappa shape index (κ2) is 11.0. The third-order valence-electron chi connectivity index (χ3n) is 4.40. The van der Waals surface area contributed by atoms with Gasteiger partial charge in [-0.25, -0.2) is 0 Å². The van der Waals surface area contributed by atoms with E-state index in [1.165, 1.54) is 0 Å². The molecule has 8 heteroatoms. The van der Waals surface area contributed by atoms with E-state index in [9.17, 15) is 5.11 Å². The zero-order valence-electron chi connectivity index (χ0n) is 18.7. The van der Waals surface area contributed by atoms with Crippen LogP contribution >= 0.6 is 0 Å². The Kier molecular flexibility index (Phi) is 8.68. The lowest BCUT2D eigenvalue weighted by molar-refractivity contribution is 0.0919. The summed E-state index contributed by atoms with van der Waals surface area (Å²) < 4.78 is 11.5. The fraction of sp³-hybridized carbons (Fsp3) is 0.545. The first kappa shape index (κ1) is 23.7. The van der Waals surface area contributed by atoms with Gasteiger partial charge in [0.15, 0.2) is 5.82 Å². The molecule has 8 nitrogen and oxygen atoms in total. The minimum atomic E-state index is -0.644. The summed E-state index contributed by atoms with van der Waals surface area (Å²) in [4.78, 5) is 0. The maximum atomic E-state index is 10.3. The molecule has 0 fully saturated rings. The summed E-state index contributed by atoms with van der Waals surface area (Å²) in [5.41, 5.74) is 1.87. The molecule has 30 heavy (non-hydrogen) atoms. The van der Waals surface area contributed by atoms with Gasteiger partial charge in [0.05, 0.1) is 6.04 Å². The van der Waals surface area contributed by atoms with Gasteiger partial charge in [0.2, 0.25) is 5.88 Å². The summed E-state index contributed by atoms with van der Waals surface area (Å²) in [5, 5.41) is 29.6. The van der Waals surface area contributed by atoms with E-state index in [2.05, 4.69) is 25.7 Å². The number of β-amino-alcohol motifs (C(OH)–C–C–N with tert-alkyl or cyclic N) is 1. The Labute approximate surface area is 178 Å². The van der Waals surface area contributed by atoms with Crippen LogP contribution in [-0.2, 0) is 0 Å². The van der Waals surface area contributed by atoms with Crippen LogP contribution in [0.1, 0.15) is 38.8 Å². The number of hydrogen-bond acceptors (Lipinski definition) is 8. The van der Waals surface area contributed by atoms with Crippen molar-refractivity contribution >= 4 is 5.82 Å². The molecule has 0 spiro atoms. The molecule has 2 N–H and O–H groups in total. The fourth-order valence-corrected chi connectivity index (χ4v) is 2.44. The van der Waals surface area contributed by atoms with Gasteiger partial charge in [-0.05, 0) is 64.8 Å². The van der Waals surface area contributed by atoms with E-state index in [0.717, 1.165) is 16.9 Å². The molecule has 0 amide bonds. The maximum Gasteiger partial charge on any atom is 0.233 e. The number of nitrogens with one attached hydrogen (secondary N) is 1. The van der Waals surface area contributed by atoms with Gasteiger partial charge in [-0.15, -0.1) is 15.3 Å². The molecule has 1 heterocycles. The monoisotopic (exact) mass is 415 g/mol. The highest BCUT2D eigenvalue weighted by Gasteiger charge is 2.20. The van der Waals surface area contributed by atoms with Crippen LogP contribution in [0.2, 0.25) is 0 Å². The van der Waals surface area contributed by atoms with Crippen LogP contribution in [0.4, 0.5) is 5.82 Å². The second-order valence-electron chi connectivity index (χ2n) is 8.26. The first-order valence-electron chi connectivity index (χ1n) is 10.2. The number of aliphatic hydroxyl groups excluding tert-OH is 1. The van der Waals surface area contributed by atoms with Crippen LogP contribution < -0.4 is 14.8 Å². The number of benzene rings is 1. The van der Waals surface area contributed by atoms with Gasteiger partial charge in [0.1, 0.15) is 25.1 Å². The molecule has 0 radical (unpaired) electrons. The van der Waals surface area contributed by atoms with Crippen molar-refractivity contribution in [2.24, 2.45) is 10.2 Å². The normalized spacial score (nSPS) is 13.1. The van der Waals surface area contributed by atoms with Crippen molar-refractivity contribution in [2.75, 3.05) is 19.8 Å². The summed E-state index contributed by atoms with van der Waals surface area (Å²) in [6, 6.07) is 9.43.